The highest BCUT2D eigenvalue weighted by Gasteiger charge is 2.60. The number of hydrogen-bond acceptors (Lipinski definition) is 3. The Kier molecular flexibility index (Phi) is 2.74. The van der Waals surface area contributed by atoms with Crippen LogP contribution in [-0.2, 0) is 14.4 Å². The van der Waals surface area contributed by atoms with Crippen LogP contribution >= 0.6 is 0 Å². The summed E-state index contributed by atoms with van der Waals surface area (Å²) in [5, 5.41) is 0. The van der Waals surface area contributed by atoms with E-state index in [2.05, 4.69) is 6.92 Å². The van der Waals surface area contributed by atoms with E-state index in [1.165, 1.54) is 5.57 Å². The molecule has 0 aromatic heterocycles. The van der Waals surface area contributed by atoms with Crippen molar-refractivity contribution in [1.29, 1.82) is 0 Å². The van der Waals surface area contributed by atoms with Gasteiger partial charge in [-0.05, 0) is 42.7 Å². The minimum Gasteiger partial charge on any atom is -0.300 e. The van der Waals surface area contributed by atoms with Crippen LogP contribution in [0.25, 0.3) is 0 Å². The summed E-state index contributed by atoms with van der Waals surface area (Å²) in [6.07, 6.45) is 8.94. The number of hydrogen-bond donors (Lipinski definition) is 0. The lowest BCUT2D eigenvalue weighted by atomic mass is 9.48. The molecule has 0 unspecified atom stereocenters. The molecule has 0 amide bonds. The molecule has 4 aliphatic carbocycles. The van der Waals surface area contributed by atoms with Gasteiger partial charge in [-0.15, -0.1) is 0 Å². The third-order valence-corrected chi connectivity index (χ3v) is 7.03. The van der Waals surface area contributed by atoms with Crippen molar-refractivity contribution >= 4 is 17.3 Å². The average molecular weight is 298 g/mol. The fourth-order valence-corrected chi connectivity index (χ4v) is 5.70. The van der Waals surface area contributed by atoms with Crippen LogP contribution in [0.1, 0.15) is 46.0 Å². The first-order valence-corrected chi connectivity index (χ1v) is 8.34. The van der Waals surface area contributed by atoms with Crippen LogP contribution in [-0.4, -0.2) is 17.3 Å². The molecule has 4 rings (SSSR count). The second-order valence-electron chi connectivity index (χ2n) is 8.07. The van der Waals surface area contributed by atoms with Gasteiger partial charge < -0.3 is 0 Å². The van der Waals surface area contributed by atoms with E-state index in [1.807, 2.05) is 13.0 Å². The van der Waals surface area contributed by atoms with Gasteiger partial charge in [-0.3, -0.25) is 14.4 Å². The summed E-state index contributed by atoms with van der Waals surface area (Å²) in [7, 11) is 0. The molecule has 22 heavy (non-hydrogen) atoms. The fourth-order valence-electron chi connectivity index (χ4n) is 5.70. The number of Topliss-reactive ketones (excluding diaryl/α,β-unsaturated/α-hetero) is 2. The monoisotopic (exact) mass is 298 g/mol. The van der Waals surface area contributed by atoms with E-state index >= 15 is 0 Å². The van der Waals surface area contributed by atoms with Gasteiger partial charge in [0.15, 0.2) is 5.78 Å². The molecule has 4 aliphatic rings. The Labute approximate surface area is 130 Å². The molecule has 3 saturated carbocycles. The Balaban J connectivity index is 1.77. The highest BCUT2D eigenvalue weighted by Crippen LogP contribution is 2.62. The fraction of sp³-hybridized carbons (Fsp3) is 0.632. The molecule has 0 saturated heterocycles. The molecule has 0 spiro atoms. The zero-order valence-electron chi connectivity index (χ0n) is 13.2. The number of ketones is 3. The maximum absolute atomic E-state index is 12.8. The summed E-state index contributed by atoms with van der Waals surface area (Å²) in [5.41, 5.74) is 0.575. The molecule has 3 nitrogen and oxygen atoms in total. The normalized spacial score (nSPS) is 46.9. The first-order valence-electron chi connectivity index (χ1n) is 8.34. The van der Waals surface area contributed by atoms with Crippen molar-refractivity contribution in [2.24, 2.45) is 28.6 Å². The molecular formula is C19H22O3. The van der Waals surface area contributed by atoms with Crippen LogP contribution in [0.3, 0.4) is 0 Å². The van der Waals surface area contributed by atoms with E-state index < -0.39 is 5.41 Å². The van der Waals surface area contributed by atoms with Crippen molar-refractivity contribution in [1.82, 2.24) is 0 Å². The second-order valence-corrected chi connectivity index (χ2v) is 8.07. The van der Waals surface area contributed by atoms with Gasteiger partial charge in [-0.2, -0.15) is 0 Å². The Bertz CT molecular complexity index is 656. The van der Waals surface area contributed by atoms with Crippen molar-refractivity contribution in [3.05, 3.63) is 23.8 Å². The molecule has 0 aromatic rings. The summed E-state index contributed by atoms with van der Waals surface area (Å²) in [6.45, 7) is 4.18. The van der Waals surface area contributed by atoms with Gasteiger partial charge in [0.05, 0.1) is 0 Å². The molecule has 0 aliphatic heterocycles. The molecular weight excluding hydrogens is 276 g/mol. The van der Waals surface area contributed by atoms with E-state index in [4.69, 9.17) is 0 Å². The van der Waals surface area contributed by atoms with E-state index in [-0.39, 0.29) is 34.6 Å². The van der Waals surface area contributed by atoms with Crippen molar-refractivity contribution in [3.63, 3.8) is 0 Å². The SMILES string of the molecule is C[C@]12C=CC(=O)C=C1CC[C@@H]1[C@@H]2CC(=O)[C@]2(C)CC(=O)C[C@@H]12. The molecule has 5 atom stereocenters. The molecule has 3 heteroatoms. The predicted molar refractivity (Wildman–Crippen MR) is 82.0 cm³/mol. The minimum atomic E-state index is -0.427. The first-order chi connectivity index (χ1) is 10.3. The van der Waals surface area contributed by atoms with Crippen LogP contribution in [0.5, 0.6) is 0 Å². The van der Waals surface area contributed by atoms with Crippen molar-refractivity contribution in [2.45, 2.75) is 46.0 Å². The standard InChI is InChI=1S/C19H22O3/c1-18-6-5-12(20)7-11(18)3-4-14-15-8-13(21)10-19(15,2)17(22)9-16(14)18/h5-7,14-16H,3-4,8-10H2,1-2H3/t14-,15-,16-,18-,19+/m0/s1. The maximum atomic E-state index is 12.8. The largest absolute Gasteiger partial charge is 0.300 e. The molecule has 0 aromatic carbocycles. The van der Waals surface area contributed by atoms with Gasteiger partial charge in [0, 0.05) is 30.1 Å². The Morgan fingerprint density at radius 2 is 1.86 bits per heavy atom. The van der Waals surface area contributed by atoms with E-state index in [0.717, 1.165) is 12.8 Å². The van der Waals surface area contributed by atoms with Gasteiger partial charge in [0.1, 0.15) is 11.6 Å². The molecule has 116 valence electrons. The number of rotatable bonds is 0. The first kappa shape index (κ1) is 14.1. The van der Waals surface area contributed by atoms with E-state index in [1.54, 1.807) is 12.2 Å². The van der Waals surface area contributed by atoms with Crippen LogP contribution in [0.4, 0.5) is 0 Å². The number of fused-ring (bicyclic) bond motifs is 5. The summed E-state index contributed by atoms with van der Waals surface area (Å²) in [6, 6.07) is 0. The lowest BCUT2D eigenvalue weighted by molar-refractivity contribution is -0.142. The summed E-state index contributed by atoms with van der Waals surface area (Å²) < 4.78 is 0. The number of carbonyl (C=O) groups is 3. The summed E-state index contributed by atoms with van der Waals surface area (Å²) >= 11 is 0. The van der Waals surface area contributed by atoms with Crippen LogP contribution in [0.15, 0.2) is 23.8 Å². The zero-order chi connectivity index (χ0) is 15.7. The van der Waals surface area contributed by atoms with Crippen LogP contribution in [0.2, 0.25) is 0 Å². The van der Waals surface area contributed by atoms with Gasteiger partial charge in [0.25, 0.3) is 0 Å². The number of carbonyl (C=O) groups excluding carboxylic acids is 3. The minimum absolute atomic E-state index is 0.0638. The topological polar surface area (TPSA) is 51.2 Å². The molecule has 3 fully saturated rings. The Hall–Kier alpha value is -1.51. The van der Waals surface area contributed by atoms with Gasteiger partial charge in [-0.1, -0.05) is 25.5 Å². The molecule has 0 heterocycles. The average Bonchev–Trinajstić information content (AvgIpc) is 2.77. The molecule has 0 bridgehead atoms. The van der Waals surface area contributed by atoms with Crippen molar-refractivity contribution in [2.75, 3.05) is 0 Å². The smallest absolute Gasteiger partial charge is 0.178 e. The quantitative estimate of drug-likeness (QED) is 0.690. The third-order valence-electron chi connectivity index (χ3n) is 7.03. The van der Waals surface area contributed by atoms with Gasteiger partial charge in [-0.25, -0.2) is 0 Å². The zero-order valence-corrected chi connectivity index (χ0v) is 13.2. The summed E-state index contributed by atoms with van der Waals surface area (Å²) in [4.78, 5) is 36.5. The summed E-state index contributed by atoms with van der Waals surface area (Å²) in [5.74, 6) is 1.45. The second kappa shape index (κ2) is 4.27. The van der Waals surface area contributed by atoms with Crippen LogP contribution < -0.4 is 0 Å². The van der Waals surface area contributed by atoms with Gasteiger partial charge in [0.2, 0.25) is 0 Å². The van der Waals surface area contributed by atoms with Crippen molar-refractivity contribution in [3.8, 4) is 0 Å². The Morgan fingerprint density at radius 3 is 2.64 bits per heavy atom. The van der Waals surface area contributed by atoms with Crippen LogP contribution in [0, 0.1) is 28.6 Å². The third kappa shape index (κ3) is 1.65. The predicted octanol–water partition coefficient (Wildman–Crippen LogP) is 3.04. The van der Waals surface area contributed by atoms with E-state index in [9.17, 15) is 14.4 Å². The van der Waals surface area contributed by atoms with Crippen molar-refractivity contribution < 1.29 is 14.4 Å². The molecule has 0 radical (unpaired) electrons. The maximum Gasteiger partial charge on any atom is 0.178 e. The lowest BCUT2D eigenvalue weighted by Crippen LogP contribution is -2.52. The molecule has 0 N–H and O–H groups in total. The Morgan fingerprint density at radius 1 is 1.09 bits per heavy atom. The number of allylic oxidation sites excluding steroid dienone is 4. The van der Waals surface area contributed by atoms with Gasteiger partial charge >= 0.3 is 0 Å². The highest BCUT2D eigenvalue weighted by molar-refractivity contribution is 6.01. The van der Waals surface area contributed by atoms with E-state index in [0.29, 0.717) is 25.2 Å². The lowest BCUT2D eigenvalue weighted by Gasteiger charge is -2.54. The highest BCUT2D eigenvalue weighted by atomic mass is 16.1.